The average molecular weight is 536 g/mol. The van der Waals surface area contributed by atoms with E-state index >= 15 is 0 Å². The molecule has 0 saturated carbocycles. The van der Waals surface area contributed by atoms with E-state index in [2.05, 4.69) is 30.5 Å². The van der Waals surface area contributed by atoms with E-state index in [0.29, 0.717) is 51.5 Å². The highest BCUT2D eigenvalue weighted by molar-refractivity contribution is 5.99. The highest BCUT2D eigenvalue weighted by Gasteiger charge is 2.18. The number of nitrogens with one attached hydrogen (secondary N) is 3. The van der Waals surface area contributed by atoms with Gasteiger partial charge in [0.1, 0.15) is 28.4 Å². The highest BCUT2D eigenvalue weighted by Crippen LogP contribution is 2.35. The van der Waals surface area contributed by atoms with E-state index in [0.717, 1.165) is 22.5 Å². The number of halogens is 1. The molecule has 1 amide bonds. The highest BCUT2D eigenvalue weighted by atomic mass is 19.1. The fourth-order valence-corrected chi connectivity index (χ4v) is 4.72. The molecule has 9 nitrogen and oxygen atoms in total. The van der Waals surface area contributed by atoms with Crippen LogP contribution in [-0.2, 0) is 4.79 Å². The molecule has 0 aliphatic heterocycles. The van der Waals surface area contributed by atoms with Gasteiger partial charge in [-0.2, -0.15) is 5.10 Å². The number of aromatic nitrogens is 6. The third-order valence-corrected chi connectivity index (χ3v) is 6.40. The van der Waals surface area contributed by atoms with Crippen LogP contribution in [0.15, 0.2) is 67.1 Å². The summed E-state index contributed by atoms with van der Waals surface area (Å²) in [7, 11) is 0. The quantitative estimate of drug-likeness (QED) is 0.201. The van der Waals surface area contributed by atoms with Crippen molar-refractivity contribution < 1.29 is 14.3 Å². The number of rotatable bonds is 5. The summed E-state index contributed by atoms with van der Waals surface area (Å²) in [6.45, 7) is 6.04. The van der Waals surface area contributed by atoms with Crippen molar-refractivity contribution in [2.75, 3.05) is 5.32 Å². The number of phenolic OH excluding ortho intramolecular Hbond substituents is 1. The zero-order chi connectivity index (χ0) is 28.0. The van der Waals surface area contributed by atoms with Crippen LogP contribution in [0.4, 0.5) is 10.1 Å². The Morgan fingerprint density at radius 3 is 2.70 bits per heavy atom. The summed E-state index contributed by atoms with van der Waals surface area (Å²) in [6, 6.07) is 13.2. The summed E-state index contributed by atoms with van der Waals surface area (Å²) in [4.78, 5) is 29.3. The Balaban J connectivity index is 1.37. The summed E-state index contributed by atoms with van der Waals surface area (Å²) in [6.07, 6.45) is 5.32. The molecule has 5 heterocycles. The van der Waals surface area contributed by atoms with Crippen LogP contribution in [0.5, 0.6) is 5.75 Å². The number of pyridine rings is 3. The molecule has 200 valence electrons. The molecule has 6 rings (SSSR count). The zero-order valence-corrected chi connectivity index (χ0v) is 22.1. The minimum atomic E-state index is -0.530. The summed E-state index contributed by atoms with van der Waals surface area (Å²) in [5.41, 5.74) is 6.35. The average Bonchev–Trinajstić information content (AvgIpc) is 3.50. The van der Waals surface area contributed by atoms with E-state index in [1.54, 1.807) is 24.7 Å². The minimum absolute atomic E-state index is 0.0766. The number of benzene rings is 1. The second kappa shape index (κ2) is 9.57. The van der Waals surface area contributed by atoms with Crippen molar-refractivity contribution in [1.29, 1.82) is 0 Å². The maximum atomic E-state index is 14.0. The number of amides is 1. The SMILES string of the molecule is CC(C)(C)CC(=O)Nc1cncc(-c2ccc3[nH]nc(-c4cc5c(-c6cc(O)cc(F)c6)ccnc5[nH]4)c3n2)c1. The lowest BCUT2D eigenvalue weighted by atomic mass is 9.92. The van der Waals surface area contributed by atoms with Gasteiger partial charge in [-0.15, -0.1) is 0 Å². The largest absolute Gasteiger partial charge is 0.508 e. The van der Waals surface area contributed by atoms with Crippen LogP contribution < -0.4 is 5.32 Å². The van der Waals surface area contributed by atoms with Gasteiger partial charge >= 0.3 is 0 Å². The molecule has 1 aromatic carbocycles. The van der Waals surface area contributed by atoms with Crippen molar-refractivity contribution in [2.45, 2.75) is 27.2 Å². The number of nitrogens with zero attached hydrogens (tertiary/aromatic N) is 4. The standard InChI is InChI=1S/C30H26FN7O2/c1-30(2,3)13-26(40)34-19-9-17(14-32-15-19)23-4-5-24-27(35-23)28(38-37-24)25-12-22-21(6-7-33-29(22)36-25)16-8-18(31)11-20(39)10-16/h4-12,14-15,39H,13H2,1-3H3,(H,33,36)(H,34,40)(H,37,38). The number of anilines is 1. The molecule has 0 bridgehead atoms. The van der Waals surface area contributed by atoms with Crippen LogP contribution in [0.3, 0.4) is 0 Å². The van der Waals surface area contributed by atoms with Gasteiger partial charge in [-0.25, -0.2) is 14.4 Å². The lowest BCUT2D eigenvalue weighted by molar-refractivity contribution is -0.117. The number of fused-ring (bicyclic) bond motifs is 2. The molecule has 0 aliphatic carbocycles. The molecule has 0 fully saturated rings. The van der Waals surface area contributed by atoms with Crippen molar-refractivity contribution in [3.8, 4) is 39.5 Å². The Hall–Kier alpha value is -5.12. The van der Waals surface area contributed by atoms with Gasteiger partial charge in [-0.1, -0.05) is 20.8 Å². The molecule has 0 aliphatic rings. The number of aromatic amines is 2. The monoisotopic (exact) mass is 535 g/mol. The third-order valence-electron chi connectivity index (χ3n) is 6.40. The van der Waals surface area contributed by atoms with E-state index in [1.165, 1.54) is 12.1 Å². The second-order valence-electron chi connectivity index (χ2n) is 10.9. The summed E-state index contributed by atoms with van der Waals surface area (Å²) < 4.78 is 14.0. The van der Waals surface area contributed by atoms with Crippen molar-refractivity contribution in [1.82, 2.24) is 30.1 Å². The Kier molecular flexibility index (Phi) is 6.02. The molecular formula is C30H26FN7O2. The Bertz CT molecular complexity index is 1880. The van der Waals surface area contributed by atoms with E-state index in [-0.39, 0.29) is 17.1 Å². The van der Waals surface area contributed by atoms with Crippen molar-refractivity contribution in [3.05, 3.63) is 72.9 Å². The molecule has 0 saturated heterocycles. The van der Waals surface area contributed by atoms with E-state index < -0.39 is 5.82 Å². The van der Waals surface area contributed by atoms with E-state index in [1.807, 2.05) is 45.0 Å². The third kappa shape index (κ3) is 4.98. The van der Waals surface area contributed by atoms with Gasteiger partial charge in [0.25, 0.3) is 0 Å². The molecule has 0 unspecified atom stereocenters. The fourth-order valence-electron chi connectivity index (χ4n) is 4.72. The second-order valence-corrected chi connectivity index (χ2v) is 10.9. The number of phenols is 1. The van der Waals surface area contributed by atoms with Gasteiger partial charge in [0.05, 0.1) is 28.8 Å². The van der Waals surface area contributed by atoms with Crippen LogP contribution in [0, 0.1) is 11.2 Å². The van der Waals surface area contributed by atoms with Gasteiger partial charge in [-0.05, 0) is 59.0 Å². The smallest absolute Gasteiger partial charge is 0.224 e. The molecule has 6 aromatic rings. The van der Waals surface area contributed by atoms with Crippen molar-refractivity contribution in [3.63, 3.8) is 0 Å². The first kappa shape index (κ1) is 25.2. The van der Waals surface area contributed by atoms with Gasteiger partial charge in [0.15, 0.2) is 0 Å². The maximum absolute atomic E-state index is 14.0. The summed E-state index contributed by atoms with van der Waals surface area (Å²) in [5.74, 6) is -0.761. The van der Waals surface area contributed by atoms with E-state index in [9.17, 15) is 14.3 Å². The predicted octanol–water partition coefficient (Wildman–Crippen LogP) is 6.45. The van der Waals surface area contributed by atoms with Crippen LogP contribution in [0.25, 0.3) is 55.8 Å². The summed E-state index contributed by atoms with van der Waals surface area (Å²) in [5, 5.41) is 21.1. The number of carbonyl (C=O) groups excluding carboxylic acids is 1. The maximum Gasteiger partial charge on any atom is 0.224 e. The molecule has 10 heteroatoms. The molecule has 5 aromatic heterocycles. The topological polar surface area (TPSA) is 132 Å². The Morgan fingerprint density at radius 2 is 1.90 bits per heavy atom. The normalized spacial score (nSPS) is 11.8. The Labute approximate surface area is 228 Å². The van der Waals surface area contributed by atoms with Crippen LogP contribution >= 0.6 is 0 Å². The van der Waals surface area contributed by atoms with Gasteiger partial charge in [0.2, 0.25) is 5.91 Å². The number of aromatic hydroxyl groups is 1. The van der Waals surface area contributed by atoms with Crippen LogP contribution in [0.1, 0.15) is 27.2 Å². The van der Waals surface area contributed by atoms with Crippen LogP contribution in [0.2, 0.25) is 0 Å². The predicted molar refractivity (Wildman–Crippen MR) is 152 cm³/mol. The lowest BCUT2D eigenvalue weighted by Crippen LogP contribution is -2.19. The van der Waals surface area contributed by atoms with Gasteiger partial charge in [-0.3, -0.25) is 14.9 Å². The van der Waals surface area contributed by atoms with Crippen molar-refractivity contribution in [2.24, 2.45) is 5.41 Å². The minimum Gasteiger partial charge on any atom is -0.508 e. The van der Waals surface area contributed by atoms with E-state index in [4.69, 9.17) is 4.98 Å². The first-order valence-corrected chi connectivity index (χ1v) is 12.7. The molecule has 0 spiro atoms. The van der Waals surface area contributed by atoms with Crippen LogP contribution in [-0.4, -0.2) is 41.1 Å². The molecule has 40 heavy (non-hydrogen) atoms. The fraction of sp³-hybridized carbons (Fsp3) is 0.167. The lowest BCUT2D eigenvalue weighted by Gasteiger charge is -2.17. The number of hydrogen-bond acceptors (Lipinski definition) is 6. The first-order chi connectivity index (χ1) is 19.1. The number of H-pyrrole nitrogens is 2. The van der Waals surface area contributed by atoms with Crippen molar-refractivity contribution >= 4 is 33.7 Å². The number of hydrogen-bond donors (Lipinski definition) is 4. The molecule has 0 atom stereocenters. The summed E-state index contributed by atoms with van der Waals surface area (Å²) >= 11 is 0. The number of carbonyl (C=O) groups is 1. The Morgan fingerprint density at radius 1 is 1.05 bits per heavy atom. The molecule has 4 N–H and O–H groups in total. The van der Waals surface area contributed by atoms with Gasteiger partial charge < -0.3 is 15.4 Å². The molecular weight excluding hydrogens is 509 g/mol. The molecule has 0 radical (unpaired) electrons. The van der Waals surface area contributed by atoms with Gasteiger partial charge in [0, 0.05) is 35.8 Å². The zero-order valence-electron chi connectivity index (χ0n) is 22.1. The first-order valence-electron chi connectivity index (χ1n) is 12.7.